The van der Waals surface area contributed by atoms with Gasteiger partial charge in [-0.25, -0.2) is 0 Å². The lowest BCUT2D eigenvalue weighted by atomic mass is 10.3. The van der Waals surface area contributed by atoms with Crippen molar-refractivity contribution in [2.45, 2.75) is 30.4 Å². The van der Waals surface area contributed by atoms with Gasteiger partial charge in [0.1, 0.15) is 5.25 Å². The molecular weight excluding hydrogens is 260 g/mol. The molecule has 0 bridgehead atoms. The molecule has 0 spiro atoms. The summed E-state index contributed by atoms with van der Waals surface area (Å²) in [5.41, 5.74) is 0. The third-order valence-electron chi connectivity index (χ3n) is 2.22. The van der Waals surface area contributed by atoms with Crippen molar-refractivity contribution in [2.24, 2.45) is 0 Å². The van der Waals surface area contributed by atoms with Crippen molar-refractivity contribution >= 4 is 28.4 Å². The van der Waals surface area contributed by atoms with Crippen molar-refractivity contribution in [3.05, 3.63) is 29.3 Å². The molecule has 0 aliphatic heterocycles. The highest BCUT2D eigenvalue weighted by Crippen LogP contribution is 2.17. The second kappa shape index (κ2) is 6.77. The number of carbonyl (C=O) groups is 1. The van der Waals surface area contributed by atoms with Crippen molar-refractivity contribution in [3.8, 4) is 0 Å². The van der Waals surface area contributed by atoms with Crippen molar-refractivity contribution in [3.63, 3.8) is 0 Å². The summed E-state index contributed by atoms with van der Waals surface area (Å²) in [5, 5.41) is -0.0361. The van der Waals surface area contributed by atoms with Gasteiger partial charge in [-0.15, -0.1) is 0 Å². The van der Waals surface area contributed by atoms with Gasteiger partial charge in [0.05, 0.1) is 17.4 Å². The first-order valence-corrected chi connectivity index (χ1v) is 7.02. The molecule has 0 N–H and O–H groups in total. The maximum absolute atomic E-state index is 12.2. The first-order valence-electron chi connectivity index (χ1n) is 5.42. The summed E-state index contributed by atoms with van der Waals surface area (Å²) in [6.45, 7) is 3.85. The average Bonchev–Trinajstić information content (AvgIpc) is 2.31. The van der Waals surface area contributed by atoms with Crippen LogP contribution >= 0.6 is 11.6 Å². The summed E-state index contributed by atoms with van der Waals surface area (Å²) >= 11 is 5.75. The van der Waals surface area contributed by atoms with E-state index in [2.05, 4.69) is 0 Å². The minimum absolute atomic E-state index is 0.299. The standard InChI is InChI=1S/C12H15ClO3S/c1-3-11(12(14)16-4-2)17(15)10-7-5-9(13)6-8-10/h5-8,11H,3-4H2,1-2H3. The Morgan fingerprint density at radius 1 is 1.35 bits per heavy atom. The molecule has 2 unspecified atom stereocenters. The number of halogens is 1. The molecule has 5 heteroatoms. The molecule has 1 aromatic carbocycles. The molecule has 17 heavy (non-hydrogen) atoms. The largest absolute Gasteiger partial charge is 0.465 e. The van der Waals surface area contributed by atoms with E-state index in [1.165, 1.54) is 0 Å². The summed E-state index contributed by atoms with van der Waals surface area (Å²) in [6.07, 6.45) is 0.480. The van der Waals surface area contributed by atoms with Gasteiger partial charge in [0.25, 0.3) is 0 Å². The van der Waals surface area contributed by atoms with E-state index >= 15 is 0 Å². The smallest absolute Gasteiger partial charge is 0.322 e. The van der Waals surface area contributed by atoms with Gasteiger partial charge in [-0.3, -0.25) is 9.00 Å². The Morgan fingerprint density at radius 2 is 1.94 bits per heavy atom. The maximum atomic E-state index is 12.2. The molecule has 0 heterocycles. The summed E-state index contributed by atoms with van der Waals surface area (Å²) < 4.78 is 17.1. The lowest BCUT2D eigenvalue weighted by molar-refractivity contribution is -0.142. The lowest BCUT2D eigenvalue weighted by Gasteiger charge is -2.13. The van der Waals surface area contributed by atoms with E-state index in [4.69, 9.17) is 16.3 Å². The Morgan fingerprint density at radius 3 is 2.41 bits per heavy atom. The monoisotopic (exact) mass is 274 g/mol. The molecule has 0 radical (unpaired) electrons. The van der Waals surface area contributed by atoms with Crippen LogP contribution in [0.4, 0.5) is 0 Å². The van der Waals surface area contributed by atoms with Gasteiger partial charge in [0, 0.05) is 9.92 Å². The number of hydrogen-bond acceptors (Lipinski definition) is 3. The highest BCUT2D eigenvalue weighted by atomic mass is 35.5. The highest BCUT2D eigenvalue weighted by molar-refractivity contribution is 7.86. The van der Waals surface area contributed by atoms with Crippen molar-refractivity contribution in [2.75, 3.05) is 6.61 Å². The third kappa shape index (κ3) is 3.82. The van der Waals surface area contributed by atoms with Crippen LogP contribution < -0.4 is 0 Å². The Balaban J connectivity index is 2.86. The Bertz CT molecular complexity index is 403. The van der Waals surface area contributed by atoms with E-state index in [1.54, 1.807) is 31.2 Å². The van der Waals surface area contributed by atoms with Crippen molar-refractivity contribution in [1.29, 1.82) is 0 Å². The number of carbonyl (C=O) groups excluding carboxylic acids is 1. The van der Waals surface area contributed by atoms with E-state index < -0.39 is 22.0 Å². The maximum Gasteiger partial charge on any atom is 0.322 e. The SMILES string of the molecule is CCOC(=O)C(CC)S(=O)c1ccc(Cl)cc1. The Labute approximate surface area is 109 Å². The van der Waals surface area contributed by atoms with Gasteiger partial charge in [-0.2, -0.15) is 0 Å². The zero-order valence-corrected chi connectivity index (χ0v) is 11.4. The highest BCUT2D eigenvalue weighted by Gasteiger charge is 2.25. The van der Waals surface area contributed by atoms with Crippen LogP contribution in [0.2, 0.25) is 5.02 Å². The van der Waals surface area contributed by atoms with Gasteiger partial charge >= 0.3 is 5.97 Å². The van der Waals surface area contributed by atoms with Gasteiger partial charge in [0.2, 0.25) is 0 Å². The molecule has 0 saturated heterocycles. The second-order valence-electron chi connectivity index (χ2n) is 3.40. The predicted octanol–water partition coefficient (Wildman–Crippen LogP) is 2.79. The molecule has 0 fully saturated rings. The summed E-state index contributed by atoms with van der Waals surface area (Å²) in [6, 6.07) is 6.65. The van der Waals surface area contributed by atoms with Crippen molar-refractivity contribution in [1.82, 2.24) is 0 Å². The third-order valence-corrected chi connectivity index (χ3v) is 4.26. The fraction of sp³-hybridized carbons (Fsp3) is 0.417. The molecule has 1 rings (SSSR count). The van der Waals surface area contributed by atoms with E-state index in [-0.39, 0.29) is 0 Å². The number of benzene rings is 1. The Hall–Kier alpha value is -0.870. The van der Waals surface area contributed by atoms with E-state index in [0.29, 0.717) is 22.9 Å². The van der Waals surface area contributed by atoms with Gasteiger partial charge in [0.15, 0.2) is 0 Å². The molecule has 3 nitrogen and oxygen atoms in total. The van der Waals surface area contributed by atoms with Crippen LogP contribution in [0.15, 0.2) is 29.2 Å². The molecule has 2 atom stereocenters. The fourth-order valence-corrected chi connectivity index (χ4v) is 2.78. The van der Waals surface area contributed by atoms with Gasteiger partial charge < -0.3 is 4.74 Å². The van der Waals surface area contributed by atoms with Crippen LogP contribution in [0, 0.1) is 0 Å². The number of hydrogen-bond donors (Lipinski definition) is 0. The normalized spacial score (nSPS) is 14.1. The van der Waals surface area contributed by atoms with Crippen LogP contribution in [0.25, 0.3) is 0 Å². The molecule has 94 valence electrons. The quantitative estimate of drug-likeness (QED) is 0.776. The van der Waals surface area contributed by atoms with Crippen LogP contribution in [0.5, 0.6) is 0 Å². The molecule has 0 saturated carbocycles. The number of rotatable bonds is 5. The molecule has 1 aromatic rings. The molecule has 0 aromatic heterocycles. The summed E-state index contributed by atoms with van der Waals surface area (Å²) in [7, 11) is -1.39. The molecule has 0 aliphatic carbocycles. The van der Waals surface area contributed by atoms with Crippen molar-refractivity contribution < 1.29 is 13.7 Å². The summed E-state index contributed by atoms with van der Waals surface area (Å²) in [4.78, 5) is 12.2. The summed E-state index contributed by atoms with van der Waals surface area (Å²) in [5.74, 6) is -0.414. The topological polar surface area (TPSA) is 43.4 Å². The fourth-order valence-electron chi connectivity index (χ4n) is 1.37. The number of ether oxygens (including phenoxy) is 1. The lowest BCUT2D eigenvalue weighted by Crippen LogP contribution is -2.27. The molecule has 0 amide bonds. The minimum Gasteiger partial charge on any atom is -0.465 e. The van der Waals surface area contributed by atoms with Gasteiger partial charge in [-0.05, 0) is 37.6 Å². The second-order valence-corrected chi connectivity index (χ2v) is 5.47. The van der Waals surface area contributed by atoms with E-state index in [1.807, 2.05) is 6.92 Å². The zero-order chi connectivity index (χ0) is 12.8. The van der Waals surface area contributed by atoms with Crippen LogP contribution in [-0.2, 0) is 20.3 Å². The van der Waals surface area contributed by atoms with Crippen LogP contribution in [0.1, 0.15) is 20.3 Å². The first-order chi connectivity index (χ1) is 8.10. The number of esters is 1. The van der Waals surface area contributed by atoms with Crippen LogP contribution in [-0.4, -0.2) is 22.0 Å². The predicted molar refractivity (Wildman–Crippen MR) is 68.6 cm³/mol. The molecule has 0 aliphatic rings. The van der Waals surface area contributed by atoms with Crippen LogP contribution in [0.3, 0.4) is 0 Å². The Kier molecular flexibility index (Phi) is 5.65. The molecular formula is C12H15ClO3S. The van der Waals surface area contributed by atoms with E-state index in [9.17, 15) is 9.00 Å². The first kappa shape index (κ1) is 14.2. The average molecular weight is 275 g/mol. The zero-order valence-electron chi connectivity index (χ0n) is 9.81. The van der Waals surface area contributed by atoms with Gasteiger partial charge in [-0.1, -0.05) is 18.5 Å². The van der Waals surface area contributed by atoms with E-state index in [0.717, 1.165) is 0 Å². The minimum atomic E-state index is -1.39.